The van der Waals surface area contributed by atoms with Crippen LogP contribution in [0.2, 0.25) is 0 Å². The average molecular weight is 237 g/mol. The fourth-order valence-corrected chi connectivity index (χ4v) is 3.75. The SMILES string of the molecule is OC1CCCc2nc(-c3ccsc3)sc21. The first kappa shape index (κ1) is 9.51. The summed E-state index contributed by atoms with van der Waals surface area (Å²) in [5, 5.41) is 15.1. The molecule has 0 amide bonds. The molecule has 2 aromatic rings. The fourth-order valence-electron chi connectivity index (χ4n) is 1.91. The number of aryl methyl sites for hydroxylation is 1. The van der Waals surface area contributed by atoms with Crippen LogP contribution in [0.3, 0.4) is 0 Å². The Morgan fingerprint density at radius 2 is 2.40 bits per heavy atom. The summed E-state index contributed by atoms with van der Waals surface area (Å²) < 4.78 is 0. The van der Waals surface area contributed by atoms with Crippen molar-refractivity contribution in [1.82, 2.24) is 4.98 Å². The predicted octanol–water partition coefficient (Wildman–Crippen LogP) is 3.24. The summed E-state index contributed by atoms with van der Waals surface area (Å²) in [6.07, 6.45) is 2.69. The van der Waals surface area contributed by atoms with E-state index in [1.54, 1.807) is 22.7 Å². The number of thiophene rings is 1. The lowest BCUT2D eigenvalue weighted by atomic mass is 10.0. The van der Waals surface area contributed by atoms with Crippen molar-refractivity contribution in [3.8, 4) is 10.6 Å². The molecule has 0 saturated heterocycles. The standard InChI is InChI=1S/C11H11NOS2/c13-9-3-1-2-8-10(9)15-11(12-8)7-4-5-14-6-7/h4-6,9,13H,1-3H2. The van der Waals surface area contributed by atoms with Crippen LogP contribution in [-0.4, -0.2) is 10.1 Å². The Hall–Kier alpha value is -0.710. The lowest BCUT2D eigenvalue weighted by molar-refractivity contribution is 0.160. The van der Waals surface area contributed by atoms with Gasteiger partial charge in [0.2, 0.25) is 0 Å². The summed E-state index contributed by atoms with van der Waals surface area (Å²) in [5.74, 6) is 0. The van der Waals surface area contributed by atoms with E-state index < -0.39 is 0 Å². The molecule has 1 unspecified atom stereocenters. The van der Waals surface area contributed by atoms with Crippen LogP contribution in [0.5, 0.6) is 0 Å². The zero-order valence-corrected chi connectivity index (χ0v) is 9.77. The van der Waals surface area contributed by atoms with E-state index in [-0.39, 0.29) is 6.10 Å². The molecule has 1 atom stereocenters. The van der Waals surface area contributed by atoms with Crippen molar-refractivity contribution in [2.24, 2.45) is 0 Å². The fraction of sp³-hybridized carbons (Fsp3) is 0.364. The van der Waals surface area contributed by atoms with Gasteiger partial charge in [-0.2, -0.15) is 11.3 Å². The number of aliphatic hydroxyl groups excluding tert-OH is 1. The summed E-state index contributed by atoms with van der Waals surface area (Å²) in [6.45, 7) is 0. The molecule has 1 N–H and O–H groups in total. The largest absolute Gasteiger partial charge is 0.388 e. The maximum absolute atomic E-state index is 9.85. The molecular weight excluding hydrogens is 226 g/mol. The summed E-state index contributed by atoms with van der Waals surface area (Å²) in [5.41, 5.74) is 2.30. The molecule has 2 aromatic heterocycles. The number of hydrogen-bond donors (Lipinski definition) is 1. The van der Waals surface area contributed by atoms with Gasteiger partial charge in [-0.05, 0) is 30.7 Å². The van der Waals surface area contributed by atoms with E-state index in [4.69, 9.17) is 0 Å². The average Bonchev–Trinajstić information content (AvgIpc) is 2.86. The zero-order valence-electron chi connectivity index (χ0n) is 8.14. The summed E-state index contributed by atoms with van der Waals surface area (Å²) in [7, 11) is 0. The monoisotopic (exact) mass is 237 g/mol. The maximum atomic E-state index is 9.85. The Kier molecular flexibility index (Phi) is 2.35. The molecule has 0 fully saturated rings. The molecule has 15 heavy (non-hydrogen) atoms. The summed E-state index contributed by atoms with van der Waals surface area (Å²) in [4.78, 5) is 5.69. The third-order valence-electron chi connectivity index (χ3n) is 2.69. The molecule has 0 saturated carbocycles. The lowest BCUT2D eigenvalue weighted by Crippen LogP contribution is -2.06. The van der Waals surface area contributed by atoms with Gasteiger partial charge >= 0.3 is 0 Å². The number of nitrogens with zero attached hydrogens (tertiary/aromatic N) is 1. The minimum Gasteiger partial charge on any atom is -0.388 e. The van der Waals surface area contributed by atoms with Crippen molar-refractivity contribution in [3.05, 3.63) is 27.4 Å². The summed E-state index contributed by atoms with van der Waals surface area (Å²) in [6, 6.07) is 2.08. The van der Waals surface area contributed by atoms with Crippen molar-refractivity contribution >= 4 is 22.7 Å². The van der Waals surface area contributed by atoms with Gasteiger partial charge in [0.05, 0.1) is 16.7 Å². The Balaban J connectivity index is 2.06. The van der Waals surface area contributed by atoms with Crippen LogP contribution < -0.4 is 0 Å². The van der Waals surface area contributed by atoms with Crippen molar-refractivity contribution in [2.75, 3.05) is 0 Å². The lowest BCUT2D eigenvalue weighted by Gasteiger charge is -2.14. The zero-order chi connectivity index (χ0) is 10.3. The molecule has 2 nitrogen and oxygen atoms in total. The topological polar surface area (TPSA) is 33.1 Å². The maximum Gasteiger partial charge on any atom is 0.124 e. The van der Waals surface area contributed by atoms with Crippen molar-refractivity contribution in [2.45, 2.75) is 25.4 Å². The molecule has 0 aromatic carbocycles. The highest BCUT2D eigenvalue weighted by atomic mass is 32.1. The van der Waals surface area contributed by atoms with Crippen LogP contribution in [0.15, 0.2) is 16.8 Å². The highest BCUT2D eigenvalue weighted by Gasteiger charge is 2.22. The molecule has 1 aliphatic carbocycles. The molecule has 0 radical (unpaired) electrons. The number of fused-ring (bicyclic) bond motifs is 1. The van der Waals surface area contributed by atoms with E-state index >= 15 is 0 Å². The van der Waals surface area contributed by atoms with Crippen LogP contribution in [-0.2, 0) is 6.42 Å². The quantitative estimate of drug-likeness (QED) is 0.826. The number of hydrogen-bond acceptors (Lipinski definition) is 4. The molecule has 1 aliphatic rings. The van der Waals surface area contributed by atoms with E-state index in [2.05, 4.69) is 21.8 Å². The second-order valence-corrected chi connectivity index (χ2v) is 5.56. The van der Waals surface area contributed by atoms with E-state index in [1.165, 1.54) is 5.56 Å². The molecule has 0 aliphatic heterocycles. The van der Waals surface area contributed by atoms with Crippen LogP contribution in [0.25, 0.3) is 10.6 Å². The minimum atomic E-state index is -0.279. The summed E-state index contributed by atoms with van der Waals surface area (Å²) >= 11 is 3.33. The number of rotatable bonds is 1. The first-order valence-corrected chi connectivity index (χ1v) is 6.81. The third kappa shape index (κ3) is 1.62. The van der Waals surface area contributed by atoms with E-state index in [0.29, 0.717) is 0 Å². The van der Waals surface area contributed by atoms with Crippen molar-refractivity contribution in [1.29, 1.82) is 0 Å². The normalized spacial score (nSPS) is 20.2. The Labute approximate surface area is 96.2 Å². The van der Waals surface area contributed by atoms with Gasteiger partial charge in [-0.15, -0.1) is 11.3 Å². The van der Waals surface area contributed by atoms with Gasteiger partial charge in [0.1, 0.15) is 5.01 Å². The second kappa shape index (κ2) is 3.70. The van der Waals surface area contributed by atoms with Crippen molar-refractivity contribution < 1.29 is 5.11 Å². The van der Waals surface area contributed by atoms with Crippen LogP contribution in [0.1, 0.15) is 29.5 Å². The first-order valence-electron chi connectivity index (χ1n) is 5.05. The van der Waals surface area contributed by atoms with E-state index in [1.807, 2.05) is 0 Å². The molecule has 0 bridgehead atoms. The Morgan fingerprint density at radius 3 is 3.13 bits per heavy atom. The van der Waals surface area contributed by atoms with Gasteiger partial charge < -0.3 is 5.11 Å². The van der Waals surface area contributed by atoms with Crippen LogP contribution >= 0.6 is 22.7 Å². The second-order valence-electron chi connectivity index (χ2n) is 3.75. The predicted molar refractivity (Wildman–Crippen MR) is 63.3 cm³/mol. The van der Waals surface area contributed by atoms with Crippen molar-refractivity contribution in [3.63, 3.8) is 0 Å². The number of thiazole rings is 1. The van der Waals surface area contributed by atoms with Crippen LogP contribution in [0.4, 0.5) is 0 Å². The minimum absolute atomic E-state index is 0.279. The number of aliphatic hydroxyl groups is 1. The smallest absolute Gasteiger partial charge is 0.124 e. The molecule has 78 valence electrons. The van der Waals surface area contributed by atoms with Crippen LogP contribution in [0, 0.1) is 0 Å². The van der Waals surface area contributed by atoms with Gasteiger partial charge in [0.25, 0.3) is 0 Å². The van der Waals surface area contributed by atoms with Gasteiger partial charge in [0, 0.05) is 10.9 Å². The Morgan fingerprint density at radius 1 is 1.47 bits per heavy atom. The highest BCUT2D eigenvalue weighted by Crippen LogP contribution is 2.38. The molecular formula is C11H11NOS2. The molecule has 3 rings (SSSR count). The molecule has 0 spiro atoms. The van der Waals surface area contributed by atoms with Gasteiger partial charge in [0.15, 0.2) is 0 Å². The first-order chi connectivity index (χ1) is 7.34. The number of aromatic nitrogens is 1. The van der Waals surface area contributed by atoms with Gasteiger partial charge in [-0.3, -0.25) is 0 Å². The Bertz CT molecular complexity index is 461. The third-order valence-corrected chi connectivity index (χ3v) is 4.62. The van der Waals surface area contributed by atoms with Gasteiger partial charge in [-0.1, -0.05) is 0 Å². The highest BCUT2D eigenvalue weighted by molar-refractivity contribution is 7.15. The van der Waals surface area contributed by atoms with E-state index in [0.717, 1.165) is 34.8 Å². The molecule has 2 heterocycles. The van der Waals surface area contributed by atoms with E-state index in [9.17, 15) is 5.11 Å². The van der Waals surface area contributed by atoms with Gasteiger partial charge in [-0.25, -0.2) is 4.98 Å². The molecule has 4 heteroatoms.